The average Bonchev–Trinajstić information content (AvgIpc) is 3.25. The minimum absolute atomic E-state index is 0.0119. The first-order valence-corrected chi connectivity index (χ1v) is 7.04. The topological polar surface area (TPSA) is 66.8 Å². The molecule has 1 aromatic carbocycles. The zero-order chi connectivity index (χ0) is 14.2. The summed E-state index contributed by atoms with van der Waals surface area (Å²) >= 11 is 0. The molecule has 1 unspecified atom stereocenters. The van der Waals surface area contributed by atoms with Crippen LogP contribution < -0.4 is 0 Å². The van der Waals surface area contributed by atoms with Crippen molar-refractivity contribution in [2.45, 2.75) is 12.5 Å². The number of H-pyrrole nitrogens is 1. The molecule has 0 spiro atoms. The van der Waals surface area contributed by atoms with Crippen LogP contribution in [0.1, 0.15) is 23.0 Å². The smallest absolute Gasteiger partial charge is 0.275 e. The monoisotopic (exact) mass is 281 g/mol. The van der Waals surface area contributed by atoms with Gasteiger partial charge in [0.25, 0.3) is 5.91 Å². The van der Waals surface area contributed by atoms with Crippen LogP contribution in [0.15, 0.2) is 42.7 Å². The minimum Gasteiger partial charge on any atom is -0.335 e. The number of aromatic nitrogens is 4. The van der Waals surface area contributed by atoms with E-state index in [4.69, 9.17) is 0 Å². The number of aromatic amines is 1. The number of hydrogen-bond donors (Lipinski definition) is 1. The Kier molecular flexibility index (Phi) is 2.73. The Morgan fingerprint density at radius 2 is 2.19 bits per heavy atom. The number of carbonyl (C=O) groups excluding carboxylic acids is 1. The Labute approximate surface area is 121 Å². The molecule has 1 saturated heterocycles. The van der Waals surface area contributed by atoms with Gasteiger partial charge in [0.15, 0.2) is 5.69 Å². The second-order valence-corrected chi connectivity index (χ2v) is 5.30. The molecule has 4 rings (SSSR count). The van der Waals surface area contributed by atoms with E-state index in [0.717, 1.165) is 23.9 Å². The maximum absolute atomic E-state index is 12.7. The van der Waals surface area contributed by atoms with Crippen molar-refractivity contribution in [3.8, 4) is 0 Å². The van der Waals surface area contributed by atoms with Gasteiger partial charge in [0.2, 0.25) is 0 Å². The van der Waals surface area contributed by atoms with Gasteiger partial charge in [-0.05, 0) is 18.6 Å². The first-order valence-electron chi connectivity index (χ1n) is 7.04. The first kappa shape index (κ1) is 12.1. The van der Waals surface area contributed by atoms with Crippen LogP contribution in [0.4, 0.5) is 0 Å². The first-order chi connectivity index (χ1) is 10.3. The number of nitrogens with one attached hydrogen (secondary N) is 1. The van der Waals surface area contributed by atoms with E-state index >= 15 is 0 Å². The normalized spacial score (nSPS) is 18.5. The van der Waals surface area contributed by atoms with E-state index in [0.29, 0.717) is 12.2 Å². The fourth-order valence-electron chi connectivity index (χ4n) is 2.92. The third-order valence-electron chi connectivity index (χ3n) is 4.02. The summed E-state index contributed by atoms with van der Waals surface area (Å²) in [5.74, 6) is -0.0119. The number of para-hydroxylation sites is 1. The molecule has 0 aliphatic carbocycles. The van der Waals surface area contributed by atoms with Gasteiger partial charge < -0.3 is 4.90 Å². The molecule has 1 aliphatic rings. The van der Waals surface area contributed by atoms with Gasteiger partial charge in [-0.2, -0.15) is 10.2 Å². The summed E-state index contributed by atoms with van der Waals surface area (Å²) in [5, 5.41) is 12.2. The quantitative estimate of drug-likeness (QED) is 0.779. The van der Waals surface area contributed by atoms with E-state index < -0.39 is 0 Å². The summed E-state index contributed by atoms with van der Waals surface area (Å²) in [6.07, 6.45) is 4.64. The van der Waals surface area contributed by atoms with E-state index in [9.17, 15) is 4.79 Å². The standard InChI is InChI=1S/C15H15N5O/c21-15(14-12-4-1-2-5-13(12)17-18-14)19-9-6-11(10-19)20-8-3-7-16-20/h1-5,7-8,11H,6,9-10H2,(H,17,18). The number of fused-ring (bicyclic) bond motifs is 1. The molecule has 0 saturated carbocycles. The maximum atomic E-state index is 12.7. The Balaban J connectivity index is 1.58. The highest BCUT2D eigenvalue weighted by Crippen LogP contribution is 2.24. The van der Waals surface area contributed by atoms with Crippen molar-refractivity contribution in [3.05, 3.63) is 48.4 Å². The summed E-state index contributed by atoms with van der Waals surface area (Å²) in [4.78, 5) is 14.5. The van der Waals surface area contributed by atoms with Gasteiger partial charge in [0.1, 0.15) is 0 Å². The number of carbonyl (C=O) groups is 1. The summed E-state index contributed by atoms with van der Waals surface area (Å²) in [5.41, 5.74) is 1.40. The summed E-state index contributed by atoms with van der Waals surface area (Å²) in [6, 6.07) is 9.87. The highest BCUT2D eigenvalue weighted by atomic mass is 16.2. The van der Waals surface area contributed by atoms with Gasteiger partial charge in [0.05, 0.1) is 11.6 Å². The predicted octanol–water partition coefficient (Wildman–Crippen LogP) is 1.85. The average molecular weight is 281 g/mol. The number of amides is 1. The van der Waals surface area contributed by atoms with Crippen LogP contribution in [-0.2, 0) is 0 Å². The lowest BCUT2D eigenvalue weighted by Gasteiger charge is -2.15. The zero-order valence-corrected chi connectivity index (χ0v) is 11.4. The molecule has 3 heterocycles. The Morgan fingerprint density at radius 3 is 3.05 bits per heavy atom. The van der Waals surface area contributed by atoms with E-state index in [1.54, 1.807) is 6.20 Å². The van der Waals surface area contributed by atoms with Gasteiger partial charge in [-0.25, -0.2) is 0 Å². The number of rotatable bonds is 2. The third-order valence-corrected chi connectivity index (χ3v) is 4.02. The fourth-order valence-corrected chi connectivity index (χ4v) is 2.92. The highest BCUT2D eigenvalue weighted by Gasteiger charge is 2.30. The van der Waals surface area contributed by atoms with E-state index in [2.05, 4.69) is 15.3 Å². The van der Waals surface area contributed by atoms with Gasteiger partial charge in [0, 0.05) is 30.9 Å². The van der Waals surface area contributed by atoms with Crippen molar-refractivity contribution < 1.29 is 4.79 Å². The molecular weight excluding hydrogens is 266 g/mol. The second-order valence-electron chi connectivity index (χ2n) is 5.30. The van der Waals surface area contributed by atoms with Crippen LogP contribution in [0.5, 0.6) is 0 Å². The van der Waals surface area contributed by atoms with Crippen molar-refractivity contribution >= 4 is 16.8 Å². The minimum atomic E-state index is -0.0119. The summed E-state index contributed by atoms with van der Waals surface area (Å²) < 4.78 is 1.93. The van der Waals surface area contributed by atoms with Crippen molar-refractivity contribution in [2.24, 2.45) is 0 Å². The van der Waals surface area contributed by atoms with Crippen molar-refractivity contribution in [1.82, 2.24) is 24.9 Å². The van der Waals surface area contributed by atoms with Gasteiger partial charge in [-0.3, -0.25) is 14.6 Å². The molecule has 1 N–H and O–H groups in total. The number of nitrogens with zero attached hydrogens (tertiary/aromatic N) is 4. The van der Waals surface area contributed by atoms with Crippen LogP contribution in [0.3, 0.4) is 0 Å². The molecule has 3 aromatic rings. The van der Waals surface area contributed by atoms with Gasteiger partial charge >= 0.3 is 0 Å². The predicted molar refractivity (Wildman–Crippen MR) is 77.9 cm³/mol. The lowest BCUT2D eigenvalue weighted by Crippen LogP contribution is -2.29. The van der Waals surface area contributed by atoms with Crippen molar-refractivity contribution in [1.29, 1.82) is 0 Å². The molecule has 0 bridgehead atoms. The molecule has 1 aliphatic heterocycles. The SMILES string of the molecule is O=C(c1n[nH]c2ccccc12)N1CCC(n2cccn2)C1. The number of benzene rings is 1. The molecule has 0 radical (unpaired) electrons. The van der Waals surface area contributed by atoms with Gasteiger partial charge in [-0.1, -0.05) is 18.2 Å². The molecule has 1 amide bonds. The lowest BCUT2D eigenvalue weighted by molar-refractivity contribution is 0.0783. The van der Waals surface area contributed by atoms with Crippen LogP contribution in [0.2, 0.25) is 0 Å². The Bertz CT molecular complexity index is 776. The van der Waals surface area contributed by atoms with Crippen LogP contribution in [0, 0.1) is 0 Å². The number of hydrogen-bond acceptors (Lipinski definition) is 3. The van der Waals surface area contributed by atoms with Crippen LogP contribution in [0.25, 0.3) is 10.9 Å². The number of likely N-dealkylation sites (tertiary alicyclic amines) is 1. The molecule has 2 aromatic heterocycles. The second kappa shape index (κ2) is 4.73. The molecular formula is C15H15N5O. The van der Waals surface area contributed by atoms with E-state index in [-0.39, 0.29) is 11.9 Å². The molecule has 1 fully saturated rings. The third kappa shape index (κ3) is 1.99. The van der Waals surface area contributed by atoms with Crippen LogP contribution >= 0.6 is 0 Å². The molecule has 1 atom stereocenters. The van der Waals surface area contributed by atoms with Crippen LogP contribution in [-0.4, -0.2) is 43.9 Å². The molecule has 6 nitrogen and oxygen atoms in total. The summed E-state index contributed by atoms with van der Waals surface area (Å²) in [7, 11) is 0. The van der Waals surface area contributed by atoms with Gasteiger partial charge in [-0.15, -0.1) is 0 Å². The Hall–Kier alpha value is -2.63. The molecule has 6 heteroatoms. The highest BCUT2D eigenvalue weighted by molar-refractivity contribution is 6.04. The summed E-state index contributed by atoms with van der Waals surface area (Å²) in [6.45, 7) is 1.42. The largest absolute Gasteiger partial charge is 0.335 e. The fraction of sp³-hybridized carbons (Fsp3) is 0.267. The van der Waals surface area contributed by atoms with Crippen molar-refractivity contribution in [3.63, 3.8) is 0 Å². The van der Waals surface area contributed by atoms with E-state index in [1.165, 1.54) is 0 Å². The van der Waals surface area contributed by atoms with Crippen molar-refractivity contribution in [2.75, 3.05) is 13.1 Å². The molecule has 21 heavy (non-hydrogen) atoms. The molecule has 106 valence electrons. The maximum Gasteiger partial charge on any atom is 0.275 e. The lowest BCUT2D eigenvalue weighted by atomic mass is 10.2. The van der Waals surface area contributed by atoms with E-state index in [1.807, 2.05) is 46.1 Å². The Morgan fingerprint density at radius 1 is 1.29 bits per heavy atom. The zero-order valence-electron chi connectivity index (χ0n) is 11.4.